The zero-order chi connectivity index (χ0) is 15.4. The SMILES string of the molecule is COC(=O)c1cccc(NC(=O)CC2SC(N)=NC2=O)c1. The van der Waals surface area contributed by atoms with Crippen molar-refractivity contribution >= 4 is 40.4 Å². The van der Waals surface area contributed by atoms with E-state index in [1.807, 2.05) is 0 Å². The fourth-order valence-electron chi connectivity index (χ4n) is 1.75. The van der Waals surface area contributed by atoms with Gasteiger partial charge in [0.1, 0.15) is 5.25 Å². The summed E-state index contributed by atoms with van der Waals surface area (Å²) in [4.78, 5) is 38.3. The first-order valence-corrected chi connectivity index (χ1v) is 6.90. The number of carbonyl (C=O) groups is 3. The van der Waals surface area contributed by atoms with Crippen LogP contribution in [-0.2, 0) is 14.3 Å². The van der Waals surface area contributed by atoms with Crippen LogP contribution in [0.4, 0.5) is 5.69 Å². The Balaban J connectivity index is 1.97. The van der Waals surface area contributed by atoms with E-state index in [4.69, 9.17) is 5.73 Å². The lowest BCUT2D eigenvalue weighted by molar-refractivity contribution is -0.121. The summed E-state index contributed by atoms with van der Waals surface area (Å²) < 4.78 is 4.60. The standard InChI is InChI=1S/C13H13N3O4S/c1-20-12(19)7-3-2-4-8(5-7)15-10(17)6-9-11(18)16-13(14)21-9/h2-5,9H,6H2,1H3,(H,15,17)(H2,14,16,18). The van der Waals surface area contributed by atoms with E-state index in [1.54, 1.807) is 18.2 Å². The maximum Gasteiger partial charge on any atom is 0.337 e. The van der Waals surface area contributed by atoms with E-state index < -0.39 is 17.1 Å². The number of esters is 1. The van der Waals surface area contributed by atoms with E-state index in [1.165, 1.54) is 13.2 Å². The molecule has 0 saturated heterocycles. The Bertz CT molecular complexity index is 630. The molecule has 21 heavy (non-hydrogen) atoms. The van der Waals surface area contributed by atoms with Crippen LogP contribution < -0.4 is 11.1 Å². The summed E-state index contributed by atoms with van der Waals surface area (Å²) in [5.74, 6) is -1.25. The minimum absolute atomic E-state index is 0.0316. The molecule has 0 saturated carbocycles. The molecule has 1 aliphatic heterocycles. The molecule has 3 N–H and O–H groups in total. The van der Waals surface area contributed by atoms with Gasteiger partial charge in [-0.3, -0.25) is 9.59 Å². The van der Waals surface area contributed by atoms with Crippen LogP contribution in [-0.4, -0.2) is 35.3 Å². The minimum Gasteiger partial charge on any atom is -0.465 e. The minimum atomic E-state index is -0.589. The predicted molar refractivity (Wildman–Crippen MR) is 79.0 cm³/mol. The number of methoxy groups -OCH3 is 1. The lowest BCUT2D eigenvalue weighted by Gasteiger charge is -2.08. The summed E-state index contributed by atoms with van der Waals surface area (Å²) in [6.45, 7) is 0. The molecule has 2 rings (SSSR count). The zero-order valence-electron chi connectivity index (χ0n) is 11.2. The average molecular weight is 307 g/mol. The number of nitrogens with two attached hydrogens (primary N) is 1. The number of aliphatic imine (C=N–C) groups is 1. The van der Waals surface area contributed by atoms with E-state index in [0.717, 1.165) is 11.8 Å². The Kier molecular flexibility index (Phi) is 4.59. The molecule has 1 aromatic rings. The van der Waals surface area contributed by atoms with Crippen LogP contribution >= 0.6 is 11.8 Å². The van der Waals surface area contributed by atoms with Crippen molar-refractivity contribution < 1.29 is 19.1 Å². The highest BCUT2D eigenvalue weighted by molar-refractivity contribution is 8.15. The number of amides is 2. The normalized spacial score (nSPS) is 17.3. The number of carbonyl (C=O) groups excluding carboxylic acids is 3. The second-order valence-corrected chi connectivity index (χ2v) is 5.44. The second kappa shape index (κ2) is 6.40. The van der Waals surface area contributed by atoms with E-state index in [2.05, 4.69) is 15.0 Å². The number of nitrogens with one attached hydrogen (secondary N) is 1. The van der Waals surface area contributed by atoms with Crippen molar-refractivity contribution in [1.82, 2.24) is 0 Å². The van der Waals surface area contributed by atoms with Gasteiger partial charge in [0.2, 0.25) is 5.91 Å². The van der Waals surface area contributed by atoms with Gasteiger partial charge in [-0.25, -0.2) is 4.79 Å². The molecular weight excluding hydrogens is 294 g/mol. The molecule has 1 aliphatic rings. The van der Waals surface area contributed by atoms with E-state index >= 15 is 0 Å². The van der Waals surface area contributed by atoms with E-state index in [9.17, 15) is 14.4 Å². The van der Waals surface area contributed by atoms with Crippen LogP contribution in [0.1, 0.15) is 16.8 Å². The van der Waals surface area contributed by atoms with Crippen LogP contribution in [0.15, 0.2) is 29.3 Å². The van der Waals surface area contributed by atoms with Gasteiger partial charge in [-0.1, -0.05) is 17.8 Å². The molecule has 1 atom stereocenters. The Morgan fingerprint density at radius 1 is 1.48 bits per heavy atom. The molecule has 0 radical (unpaired) electrons. The van der Waals surface area contributed by atoms with Gasteiger partial charge in [-0.05, 0) is 18.2 Å². The molecule has 2 amide bonds. The van der Waals surface area contributed by atoms with Crippen molar-refractivity contribution in [2.75, 3.05) is 12.4 Å². The monoisotopic (exact) mass is 307 g/mol. The first kappa shape index (κ1) is 15.0. The highest BCUT2D eigenvalue weighted by Gasteiger charge is 2.29. The zero-order valence-corrected chi connectivity index (χ0v) is 12.0. The average Bonchev–Trinajstić information content (AvgIpc) is 2.76. The second-order valence-electron chi connectivity index (χ2n) is 4.22. The number of anilines is 1. The van der Waals surface area contributed by atoms with Gasteiger partial charge in [0.15, 0.2) is 5.17 Å². The molecule has 0 aliphatic carbocycles. The maximum atomic E-state index is 11.9. The van der Waals surface area contributed by atoms with Gasteiger partial charge in [0.05, 0.1) is 12.7 Å². The predicted octanol–water partition coefficient (Wildman–Crippen LogP) is 0.758. The number of hydrogen-bond donors (Lipinski definition) is 2. The van der Waals surface area contributed by atoms with Crippen LogP contribution in [0.5, 0.6) is 0 Å². The summed E-state index contributed by atoms with van der Waals surface area (Å²) in [5.41, 5.74) is 6.20. The number of rotatable bonds is 4. The van der Waals surface area contributed by atoms with Crippen LogP contribution in [0.25, 0.3) is 0 Å². The molecule has 1 aromatic carbocycles. The molecule has 7 nitrogen and oxygen atoms in total. The van der Waals surface area contributed by atoms with Gasteiger partial charge < -0.3 is 15.8 Å². The molecule has 0 aromatic heterocycles. The fraction of sp³-hybridized carbons (Fsp3) is 0.231. The number of amidine groups is 1. The molecule has 1 heterocycles. The molecule has 0 fully saturated rings. The summed E-state index contributed by atoms with van der Waals surface area (Å²) >= 11 is 1.07. The topological polar surface area (TPSA) is 111 Å². The van der Waals surface area contributed by atoms with Gasteiger partial charge in [0, 0.05) is 12.1 Å². The number of benzene rings is 1. The Hall–Kier alpha value is -2.35. The van der Waals surface area contributed by atoms with Crippen molar-refractivity contribution in [3.05, 3.63) is 29.8 Å². The van der Waals surface area contributed by atoms with Crippen LogP contribution in [0.2, 0.25) is 0 Å². The Morgan fingerprint density at radius 3 is 2.86 bits per heavy atom. The molecular formula is C13H13N3O4S. The van der Waals surface area contributed by atoms with Crippen LogP contribution in [0, 0.1) is 0 Å². The third-order valence-corrected chi connectivity index (χ3v) is 3.68. The first-order chi connectivity index (χ1) is 9.99. The van der Waals surface area contributed by atoms with Gasteiger partial charge >= 0.3 is 5.97 Å². The van der Waals surface area contributed by atoms with Crippen molar-refractivity contribution in [2.45, 2.75) is 11.7 Å². The quantitative estimate of drug-likeness (QED) is 0.794. The molecule has 8 heteroatoms. The largest absolute Gasteiger partial charge is 0.465 e. The van der Waals surface area contributed by atoms with Crippen molar-refractivity contribution in [3.8, 4) is 0 Å². The summed E-state index contributed by atoms with van der Waals surface area (Å²) in [7, 11) is 1.28. The summed E-state index contributed by atoms with van der Waals surface area (Å²) in [6.07, 6.45) is -0.0316. The lowest BCUT2D eigenvalue weighted by atomic mass is 10.2. The van der Waals surface area contributed by atoms with Gasteiger partial charge in [-0.15, -0.1) is 0 Å². The highest BCUT2D eigenvalue weighted by atomic mass is 32.2. The molecule has 1 unspecified atom stereocenters. The van der Waals surface area contributed by atoms with Crippen molar-refractivity contribution in [1.29, 1.82) is 0 Å². The van der Waals surface area contributed by atoms with Crippen molar-refractivity contribution in [3.63, 3.8) is 0 Å². The highest BCUT2D eigenvalue weighted by Crippen LogP contribution is 2.23. The third kappa shape index (κ3) is 3.82. The maximum absolute atomic E-state index is 11.9. The third-order valence-electron chi connectivity index (χ3n) is 2.70. The summed E-state index contributed by atoms with van der Waals surface area (Å²) in [6, 6.07) is 6.34. The van der Waals surface area contributed by atoms with Gasteiger partial charge in [-0.2, -0.15) is 4.99 Å². The van der Waals surface area contributed by atoms with E-state index in [-0.39, 0.29) is 17.5 Å². The Morgan fingerprint density at radius 2 is 2.24 bits per heavy atom. The first-order valence-electron chi connectivity index (χ1n) is 6.02. The van der Waals surface area contributed by atoms with Gasteiger partial charge in [0.25, 0.3) is 5.91 Å². The lowest BCUT2D eigenvalue weighted by Crippen LogP contribution is -2.21. The number of hydrogen-bond acceptors (Lipinski definition) is 6. The smallest absolute Gasteiger partial charge is 0.337 e. The molecule has 110 valence electrons. The number of nitrogens with zero attached hydrogens (tertiary/aromatic N) is 1. The van der Waals surface area contributed by atoms with Crippen molar-refractivity contribution in [2.24, 2.45) is 10.7 Å². The van der Waals surface area contributed by atoms with E-state index in [0.29, 0.717) is 11.3 Å². The molecule has 0 bridgehead atoms. The van der Waals surface area contributed by atoms with Crippen LogP contribution in [0.3, 0.4) is 0 Å². The fourth-order valence-corrected chi connectivity index (χ4v) is 2.58. The molecule has 0 spiro atoms. The summed E-state index contributed by atoms with van der Waals surface area (Å²) in [5, 5.41) is 2.20. The Labute approximate surface area is 124 Å². The number of thioether (sulfide) groups is 1. The number of ether oxygens (including phenoxy) is 1.